The average Bonchev–Trinajstić information content (AvgIpc) is 2.83. The molecule has 0 atom stereocenters. The highest BCUT2D eigenvalue weighted by Gasteiger charge is 2.17. The Labute approximate surface area is 108 Å². The first-order valence-corrected chi connectivity index (χ1v) is 6.22. The maximum Gasteiger partial charge on any atom is 0.231 e. The van der Waals surface area contributed by atoms with Crippen molar-refractivity contribution >= 4 is 0 Å². The van der Waals surface area contributed by atoms with Gasteiger partial charge in [-0.2, -0.15) is 0 Å². The average molecular weight is 249 g/mol. The monoisotopic (exact) mass is 249 g/mol. The Morgan fingerprint density at radius 1 is 1.39 bits per heavy atom. The summed E-state index contributed by atoms with van der Waals surface area (Å²) in [5.74, 6) is 2.35. The van der Waals surface area contributed by atoms with Gasteiger partial charge in [-0.25, -0.2) is 0 Å². The van der Waals surface area contributed by atoms with E-state index in [4.69, 9.17) is 14.2 Å². The molecule has 0 aliphatic carbocycles. The van der Waals surface area contributed by atoms with Crippen molar-refractivity contribution in [3.05, 3.63) is 30.4 Å². The lowest BCUT2D eigenvalue weighted by molar-refractivity contribution is 0.174. The van der Waals surface area contributed by atoms with Gasteiger partial charge in [-0.1, -0.05) is 19.6 Å². The quantitative estimate of drug-likeness (QED) is 0.595. The van der Waals surface area contributed by atoms with Crippen molar-refractivity contribution in [3.63, 3.8) is 0 Å². The molecule has 0 saturated carbocycles. The highest BCUT2D eigenvalue weighted by atomic mass is 16.7. The Hall–Kier alpha value is -1.68. The second-order valence-electron chi connectivity index (χ2n) is 4.09. The molecule has 1 N–H and O–H groups in total. The molecule has 1 aliphatic rings. The number of benzene rings is 1. The third-order valence-corrected chi connectivity index (χ3v) is 2.65. The van der Waals surface area contributed by atoms with E-state index in [1.807, 2.05) is 12.1 Å². The van der Waals surface area contributed by atoms with Gasteiger partial charge >= 0.3 is 0 Å². The van der Waals surface area contributed by atoms with E-state index >= 15 is 0 Å². The second kappa shape index (κ2) is 6.31. The van der Waals surface area contributed by atoms with Gasteiger partial charge in [-0.3, -0.25) is 0 Å². The molecule has 2 rings (SSSR count). The molecule has 0 saturated heterocycles. The molecule has 1 aliphatic heterocycles. The van der Waals surface area contributed by atoms with Crippen molar-refractivity contribution in [2.45, 2.75) is 19.9 Å². The molecule has 0 bridgehead atoms. The topological polar surface area (TPSA) is 39.7 Å². The predicted molar refractivity (Wildman–Crippen MR) is 70.3 cm³/mol. The summed E-state index contributed by atoms with van der Waals surface area (Å²) < 4.78 is 16.4. The maximum atomic E-state index is 5.65. The van der Waals surface area contributed by atoms with Crippen LogP contribution in [0.2, 0.25) is 0 Å². The standard InChI is InChI=1S/C14H19NO3/c1-3-5-15-9-11-7-13-14(18-10-17-13)8-12(11)16-6-4-2/h4,7-8,15H,2-3,5-6,9-10H2,1H3. The van der Waals surface area contributed by atoms with E-state index in [-0.39, 0.29) is 6.79 Å². The molecule has 18 heavy (non-hydrogen) atoms. The summed E-state index contributed by atoms with van der Waals surface area (Å²) in [7, 11) is 0. The van der Waals surface area contributed by atoms with E-state index < -0.39 is 0 Å². The highest BCUT2D eigenvalue weighted by Crippen LogP contribution is 2.38. The summed E-state index contributed by atoms with van der Waals surface area (Å²) in [6, 6.07) is 3.86. The lowest BCUT2D eigenvalue weighted by Crippen LogP contribution is -2.14. The Kier molecular flexibility index (Phi) is 4.47. The summed E-state index contributed by atoms with van der Waals surface area (Å²) in [5, 5.41) is 3.36. The summed E-state index contributed by atoms with van der Waals surface area (Å²) in [6.45, 7) is 8.31. The molecule has 1 aromatic carbocycles. The molecular formula is C14H19NO3. The van der Waals surface area contributed by atoms with Crippen LogP contribution in [0.3, 0.4) is 0 Å². The Morgan fingerprint density at radius 2 is 2.17 bits per heavy atom. The number of nitrogens with one attached hydrogen (secondary N) is 1. The van der Waals surface area contributed by atoms with Crippen LogP contribution in [0, 0.1) is 0 Å². The molecule has 4 heteroatoms. The Balaban J connectivity index is 2.15. The number of fused-ring (bicyclic) bond motifs is 1. The fourth-order valence-electron chi connectivity index (χ4n) is 1.79. The fraction of sp³-hybridized carbons (Fsp3) is 0.429. The molecule has 0 aromatic heterocycles. The van der Waals surface area contributed by atoms with E-state index in [1.54, 1.807) is 6.08 Å². The summed E-state index contributed by atoms with van der Waals surface area (Å²) >= 11 is 0. The lowest BCUT2D eigenvalue weighted by Gasteiger charge is -2.12. The molecule has 0 radical (unpaired) electrons. The van der Waals surface area contributed by atoms with Crippen LogP contribution in [0.1, 0.15) is 18.9 Å². The third kappa shape index (κ3) is 2.96. The molecule has 0 unspecified atom stereocenters. The van der Waals surface area contributed by atoms with Crippen LogP contribution in [0.4, 0.5) is 0 Å². The number of hydrogen-bond donors (Lipinski definition) is 1. The maximum absolute atomic E-state index is 5.65. The Bertz CT molecular complexity index is 418. The minimum Gasteiger partial charge on any atom is -0.489 e. The summed E-state index contributed by atoms with van der Waals surface area (Å²) in [4.78, 5) is 0. The molecular weight excluding hydrogens is 230 g/mol. The summed E-state index contributed by atoms with van der Waals surface area (Å²) in [5.41, 5.74) is 1.08. The number of rotatable bonds is 7. The van der Waals surface area contributed by atoms with Crippen molar-refractivity contribution < 1.29 is 14.2 Å². The minimum atomic E-state index is 0.280. The first kappa shape index (κ1) is 12.8. The van der Waals surface area contributed by atoms with Crippen molar-refractivity contribution in [1.29, 1.82) is 0 Å². The minimum absolute atomic E-state index is 0.280. The van der Waals surface area contributed by atoms with Crippen LogP contribution in [0.15, 0.2) is 24.8 Å². The molecule has 4 nitrogen and oxygen atoms in total. The van der Waals surface area contributed by atoms with Gasteiger partial charge in [0.2, 0.25) is 6.79 Å². The number of hydrogen-bond acceptors (Lipinski definition) is 4. The number of ether oxygens (including phenoxy) is 3. The normalized spacial score (nSPS) is 12.5. The zero-order valence-electron chi connectivity index (χ0n) is 10.7. The van der Waals surface area contributed by atoms with E-state index in [0.717, 1.165) is 42.3 Å². The van der Waals surface area contributed by atoms with Gasteiger partial charge in [-0.05, 0) is 19.0 Å². The third-order valence-electron chi connectivity index (χ3n) is 2.65. The van der Waals surface area contributed by atoms with Crippen LogP contribution in [-0.4, -0.2) is 19.9 Å². The van der Waals surface area contributed by atoms with Gasteiger partial charge in [0, 0.05) is 18.2 Å². The van der Waals surface area contributed by atoms with Gasteiger partial charge < -0.3 is 19.5 Å². The van der Waals surface area contributed by atoms with Gasteiger partial charge in [0.1, 0.15) is 12.4 Å². The van der Waals surface area contributed by atoms with Crippen LogP contribution in [0.5, 0.6) is 17.2 Å². The molecule has 0 spiro atoms. The van der Waals surface area contributed by atoms with Crippen molar-refractivity contribution in [2.24, 2.45) is 0 Å². The van der Waals surface area contributed by atoms with Crippen LogP contribution >= 0.6 is 0 Å². The predicted octanol–water partition coefficient (Wildman–Crippen LogP) is 2.48. The van der Waals surface area contributed by atoms with Crippen molar-refractivity contribution in [2.75, 3.05) is 19.9 Å². The fourth-order valence-corrected chi connectivity index (χ4v) is 1.79. The van der Waals surface area contributed by atoms with Crippen LogP contribution in [0.25, 0.3) is 0 Å². The first-order valence-electron chi connectivity index (χ1n) is 6.22. The van der Waals surface area contributed by atoms with Gasteiger partial charge in [-0.15, -0.1) is 0 Å². The van der Waals surface area contributed by atoms with Gasteiger partial charge in [0.15, 0.2) is 11.5 Å². The smallest absolute Gasteiger partial charge is 0.231 e. The van der Waals surface area contributed by atoms with Crippen molar-refractivity contribution in [3.8, 4) is 17.2 Å². The molecule has 0 amide bonds. The zero-order chi connectivity index (χ0) is 12.8. The second-order valence-corrected chi connectivity index (χ2v) is 4.09. The van der Waals surface area contributed by atoms with Crippen molar-refractivity contribution in [1.82, 2.24) is 5.32 Å². The highest BCUT2D eigenvalue weighted by molar-refractivity contribution is 5.51. The van der Waals surface area contributed by atoms with E-state index in [9.17, 15) is 0 Å². The molecule has 1 aromatic rings. The van der Waals surface area contributed by atoms with Crippen LogP contribution < -0.4 is 19.5 Å². The van der Waals surface area contributed by atoms with Crippen LogP contribution in [-0.2, 0) is 6.54 Å². The molecule has 0 fully saturated rings. The van der Waals surface area contributed by atoms with E-state index in [2.05, 4.69) is 18.8 Å². The summed E-state index contributed by atoms with van der Waals surface area (Å²) in [6.07, 6.45) is 2.83. The van der Waals surface area contributed by atoms with Gasteiger partial charge in [0.05, 0.1) is 0 Å². The SMILES string of the molecule is C=CCOc1cc2c(cc1CNCCC)OCO2. The zero-order valence-corrected chi connectivity index (χ0v) is 10.7. The largest absolute Gasteiger partial charge is 0.489 e. The molecule has 98 valence electrons. The molecule has 1 heterocycles. The Morgan fingerprint density at radius 3 is 2.89 bits per heavy atom. The van der Waals surface area contributed by atoms with E-state index in [1.165, 1.54) is 0 Å². The van der Waals surface area contributed by atoms with E-state index in [0.29, 0.717) is 6.61 Å². The van der Waals surface area contributed by atoms with Gasteiger partial charge in [0.25, 0.3) is 0 Å². The first-order chi connectivity index (χ1) is 8.85. The lowest BCUT2D eigenvalue weighted by atomic mass is 10.1.